The highest BCUT2D eigenvalue weighted by Gasteiger charge is 2.24. The molecule has 3 rings (SSSR count). The number of benzene rings is 1. The van der Waals surface area contributed by atoms with E-state index in [1.54, 1.807) is 0 Å². The Kier molecular flexibility index (Phi) is 5.30. The van der Waals surface area contributed by atoms with Gasteiger partial charge in [0.15, 0.2) is 0 Å². The Balaban J connectivity index is 1.66. The fourth-order valence-corrected chi connectivity index (χ4v) is 3.38. The molecule has 2 aliphatic heterocycles. The van der Waals surface area contributed by atoms with E-state index in [-0.39, 0.29) is 11.9 Å². The highest BCUT2D eigenvalue weighted by atomic mass is 16.2. The van der Waals surface area contributed by atoms with Gasteiger partial charge in [0, 0.05) is 64.0 Å². The predicted octanol–water partition coefficient (Wildman–Crippen LogP) is 0.868. The standard InChI is InChI=1S/C18H28N4O/c1-15-13-19-6-7-22(15)18(23)17-5-3-4-16(12-17)14-21-10-8-20(2)9-11-21/h3-5,12,15,19H,6-11,13-14H2,1-2H3/t15-/m1/s1. The largest absolute Gasteiger partial charge is 0.333 e. The molecule has 1 N–H and O–H groups in total. The number of hydrogen-bond donors (Lipinski definition) is 1. The lowest BCUT2D eigenvalue weighted by atomic mass is 10.1. The third kappa shape index (κ3) is 4.10. The van der Waals surface area contributed by atoms with Crippen molar-refractivity contribution in [3.8, 4) is 0 Å². The van der Waals surface area contributed by atoms with Crippen LogP contribution in [0.3, 0.4) is 0 Å². The number of hydrogen-bond acceptors (Lipinski definition) is 4. The Morgan fingerprint density at radius 1 is 1.22 bits per heavy atom. The molecule has 2 saturated heterocycles. The summed E-state index contributed by atoms with van der Waals surface area (Å²) in [6.45, 7) is 10.1. The van der Waals surface area contributed by atoms with Gasteiger partial charge in [-0.2, -0.15) is 0 Å². The van der Waals surface area contributed by atoms with Crippen LogP contribution in [0.2, 0.25) is 0 Å². The minimum atomic E-state index is 0.166. The number of carbonyl (C=O) groups is 1. The summed E-state index contributed by atoms with van der Waals surface area (Å²) >= 11 is 0. The van der Waals surface area contributed by atoms with Crippen molar-refractivity contribution in [2.24, 2.45) is 0 Å². The summed E-state index contributed by atoms with van der Waals surface area (Å²) in [5.41, 5.74) is 2.06. The van der Waals surface area contributed by atoms with E-state index in [2.05, 4.69) is 41.2 Å². The number of amides is 1. The number of piperazine rings is 2. The molecular weight excluding hydrogens is 288 g/mol. The summed E-state index contributed by atoms with van der Waals surface area (Å²) in [6.07, 6.45) is 0. The first kappa shape index (κ1) is 16.4. The molecule has 2 aliphatic rings. The summed E-state index contributed by atoms with van der Waals surface area (Å²) in [5, 5.41) is 3.34. The van der Waals surface area contributed by atoms with Crippen LogP contribution < -0.4 is 5.32 Å². The summed E-state index contributed by atoms with van der Waals surface area (Å²) in [5.74, 6) is 0.166. The number of nitrogens with one attached hydrogen (secondary N) is 1. The van der Waals surface area contributed by atoms with Gasteiger partial charge in [0.2, 0.25) is 0 Å². The van der Waals surface area contributed by atoms with Crippen LogP contribution in [-0.2, 0) is 6.54 Å². The van der Waals surface area contributed by atoms with E-state index >= 15 is 0 Å². The van der Waals surface area contributed by atoms with Crippen molar-refractivity contribution in [3.05, 3.63) is 35.4 Å². The summed E-state index contributed by atoms with van der Waals surface area (Å²) in [7, 11) is 2.17. The second-order valence-electron chi connectivity index (χ2n) is 6.83. The minimum Gasteiger partial charge on any atom is -0.333 e. The molecule has 0 aromatic heterocycles. The van der Waals surface area contributed by atoms with Gasteiger partial charge in [-0.1, -0.05) is 12.1 Å². The highest BCUT2D eigenvalue weighted by Crippen LogP contribution is 2.14. The lowest BCUT2D eigenvalue weighted by molar-refractivity contribution is 0.0655. The molecule has 0 bridgehead atoms. The molecular formula is C18H28N4O. The van der Waals surface area contributed by atoms with Crippen molar-refractivity contribution in [1.29, 1.82) is 0 Å². The van der Waals surface area contributed by atoms with Gasteiger partial charge in [0.1, 0.15) is 0 Å². The van der Waals surface area contributed by atoms with Crippen LogP contribution in [0.15, 0.2) is 24.3 Å². The zero-order valence-corrected chi connectivity index (χ0v) is 14.3. The summed E-state index contributed by atoms with van der Waals surface area (Å²) in [4.78, 5) is 19.6. The molecule has 23 heavy (non-hydrogen) atoms. The van der Waals surface area contributed by atoms with Gasteiger partial charge in [-0.25, -0.2) is 0 Å². The number of nitrogens with zero attached hydrogens (tertiary/aromatic N) is 3. The smallest absolute Gasteiger partial charge is 0.254 e. The van der Waals surface area contributed by atoms with E-state index in [1.165, 1.54) is 5.56 Å². The Bertz CT molecular complexity index is 540. The van der Waals surface area contributed by atoms with Gasteiger partial charge in [0.25, 0.3) is 5.91 Å². The Labute approximate surface area is 139 Å². The SMILES string of the molecule is C[C@@H]1CNCCN1C(=O)c1cccc(CN2CCN(C)CC2)c1. The molecule has 0 saturated carbocycles. The maximum atomic E-state index is 12.8. The monoisotopic (exact) mass is 316 g/mol. The molecule has 126 valence electrons. The van der Waals surface area contributed by atoms with E-state index in [4.69, 9.17) is 0 Å². The molecule has 0 radical (unpaired) electrons. The lowest BCUT2D eigenvalue weighted by Crippen LogP contribution is -2.52. The van der Waals surface area contributed by atoms with E-state index in [1.807, 2.05) is 17.0 Å². The summed E-state index contributed by atoms with van der Waals surface area (Å²) < 4.78 is 0. The van der Waals surface area contributed by atoms with E-state index in [9.17, 15) is 4.79 Å². The zero-order chi connectivity index (χ0) is 16.2. The van der Waals surface area contributed by atoms with E-state index in [0.29, 0.717) is 0 Å². The minimum absolute atomic E-state index is 0.166. The van der Waals surface area contributed by atoms with Crippen molar-refractivity contribution in [1.82, 2.24) is 20.0 Å². The maximum absolute atomic E-state index is 12.8. The molecule has 5 nitrogen and oxygen atoms in total. The molecule has 1 atom stereocenters. The van der Waals surface area contributed by atoms with Crippen LogP contribution in [-0.4, -0.2) is 79.5 Å². The lowest BCUT2D eigenvalue weighted by Gasteiger charge is -2.34. The average molecular weight is 316 g/mol. The second kappa shape index (κ2) is 7.43. The maximum Gasteiger partial charge on any atom is 0.254 e. The van der Waals surface area contributed by atoms with Gasteiger partial charge in [0.05, 0.1) is 0 Å². The normalized spacial score (nSPS) is 23.9. The molecule has 1 amide bonds. The number of rotatable bonds is 3. The van der Waals surface area contributed by atoms with Gasteiger partial charge in [-0.05, 0) is 31.7 Å². The van der Waals surface area contributed by atoms with Gasteiger partial charge in [-0.3, -0.25) is 9.69 Å². The molecule has 2 fully saturated rings. The topological polar surface area (TPSA) is 38.8 Å². The van der Waals surface area contributed by atoms with Gasteiger partial charge in [-0.15, -0.1) is 0 Å². The first-order valence-electron chi connectivity index (χ1n) is 8.65. The van der Waals surface area contributed by atoms with Crippen LogP contribution in [0, 0.1) is 0 Å². The highest BCUT2D eigenvalue weighted by molar-refractivity contribution is 5.94. The van der Waals surface area contributed by atoms with Crippen molar-refractivity contribution in [2.75, 3.05) is 52.9 Å². The van der Waals surface area contributed by atoms with Crippen LogP contribution >= 0.6 is 0 Å². The zero-order valence-electron chi connectivity index (χ0n) is 14.3. The first-order valence-corrected chi connectivity index (χ1v) is 8.65. The van der Waals surface area contributed by atoms with E-state index in [0.717, 1.165) is 57.9 Å². The van der Waals surface area contributed by atoms with Crippen molar-refractivity contribution < 1.29 is 4.79 Å². The van der Waals surface area contributed by atoms with Crippen molar-refractivity contribution >= 4 is 5.91 Å². The quantitative estimate of drug-likeness (QED) is 0.898. The van der Waals surface area contributed by atoms with Crippen LogP contribution in [0.4, 0.5) is 0 Å². The Morgan fingerprint density at radius 3 is 2.74 bits per heavy atom. The van der Waals surface area contributed by atoms with Gasteiger partial charge >= 0.3 is 0 Å². The van der Waals surface area contributed by atoms with Crippen LogP contribution in [0.25, 0.3) is 0 Å². The molecule has 0 aliphatic carbocycles. The van der Waals surface area contributed by atoms with Crippen molar-refractivity contribution in [2.45, 2.75) is 19.5 Å². The molecule has 0 unspecified atom stereocenters. The third-order valence-corrected chi connectivity index (χ3v) is 4.94. The van der Waals surface area contributed by atoms with Gasteiger partial charge < -0.3 is 15.1 Å². The molecule has 1 aromatic carbocycles. The van der Waals surface area contributed by atoms with Crippen molar-refractivity contribution in [3.63, 3.8) is 0 Å². The number of likely N-dealkylation sites (N-methyl/N-ethyl adjacent to an activating group) is 1. The van der Waals surface area contributed by atoms with Crippen LogP contribution in [0.5, 0.6) is 0 Å². The number of carbonyl (C=O) groups excluding carboxylic acids is 1. The Hall–Kier alpha value is -1.43. The molecule has 1 aromatic rings. The predicted molar refractivity (Wildman–Crippen MR) is 92.6 cm³/mol. The molecule has 5 heteroatoms. The van der Waals surface area contributed by atoms with E-state index < -0.39 is 0 Å². The average Bonchev–Trinajstić information content (AvgIpc) is 2.57. The molecule has 2 heterocycles. The fourth-order valence-electron chi connectivity index (χ4n) is 3.38. The summed E-state index contributed by atoms with van der Waals surface area (Å²) in [6, 6.07) is 8.44. The van der Waals surface area contributed by atoms with Crippen LogP contribution in [0.1, 0.15) is 22.8 Å². The third-order valence-electron chi connectivity index (χ3n) is 4.94. The fraction of sp³-hybridized carbons (Fsp3) is 0.611. The molecule has 0 spiro atoms. The first-order chi connectivity index (χ1) is 11.1. The Morgan fingerprint density at radius 2 is 2.00 bits per heavy atom. The second-order valence-corrected chi connectivity index (χ2v) is 6.83.